The maximum atomic E-state index is 12.7. The Bertz CT molecular complexity index is 907. The number of ether oxygens (including phenoxy) is 2. The number of carbonyl (C=O) groups is 1. The maximum Gasteiger partial charge on any atom is 0.293 e. The van der Waals surface area contributed by atoms with Crippen LogP contribution in [0.3, 0.4) is 0 Å². The summed E-state index contributed by atoms with van der Waals surface area (Å²) < 4.78 is 10.4. The highest BCUT2D eigenvalue weighted by atomic mass is 16.6. The predicted octanol–water partition coefficient (Wildman–Crippen LogP) is 4.10. The monoisotopic (exact) mass is 399 g/mol. The van der Waals surface area contributed by atoms with Gasteiger partial charge in [0.1, 0.15) is 5.69 Å². The average Bonchev–Trinajstić information content (AvgIpc) is 2.73. The Labute approximate surface area is 169 Å². The SMILES string of the molecule is COc1ccc(NC(=O)c2ccc(N3CCC(C)CC3)c([N+](=O)[O-])c2)cc1OC. The third kappa shape index (κ3) is 4.59. The minimum Gasteiger partial charge on any atom is -0.493 e. The van der Waals surface area contributed by atoms with Gasteiger partial charge in [0.15, 0.2) is 11.5 Å². The highest BCUT2D eigenvalue weighted by Gasteiger charge is 2.25. The fourth-order valence-electron chi connectivity index (χ4n) is 3.45. The second-order valence-electron chi connectivity index (χ2n) is 7.15. The number of anilines is 2. The Hall–Kier alpha value is -3.29. The quantitative estimate of drug-likeness (QED) is 0.581. The molecule has 1 aliphatic heterocycles. The molecule has 0 atom stereocenters. The molecule has 0 spiro atoms. The first kappa shape index (κ1) is 20.4. The standard InChI is InChI=1S/C21H25N3O5/c1-14-8-10-23(11-9-14)17-6-4-15(12-18(17)24(26)27)21(25)22-16-5-7-19(28-2)20(13-16)29-3/h4-7,12-14H,8-11H2,1-3H3,(H,22,25). The van der Waals surface area contributed by atoms with Crippen molar-refractivity contribution in [2.75, 3.05) is 37.5 Å². The van der Waals surface area contributed by atoms with Crippen LogP contribution in [0, 0.1) is 16.0 Å². The van der Waals surface area contributed by atoms with Crippen molar-refractivity contribution in [2.45, 2.75) is 19.8 Å². The van der Waals surface area contributed by atoms with Gasteiger partial charge in [-0.15, -0.1) is 0 Å². The third-order valence-corrected chi connectivity index (χ3v) is 5.20. The summed E-state index contributed by atoms with van der Waals surface area (Å²) in [5.74, 6) is 1.21. The van der Waals surface area contributed by atoms with Gasteiger partial charge in [0.05, 0.1) is 19.1 Å². The molecule has 8 heteroatoms. The van der Waals surface area contributed by atoms with Crippen molar-refractivity contribution in [3.8, 4) is 11.5 Å². The van der Waals surface area contributed by atoms with Crippen LogP contribution in [0.15, 0.2) is 36.4 Å². The Morgan fingerprint density at radius 1 is 1.10 bits per heavy atom. The third-order valence-electron chi connectivity index (χ3n) is 5.20. The van der Waals surface area contributed by atoms with Gasteiger partial charge in [-0.3, -0.25) is 14.9 Å². The van der Waals surface area contributed by atoms with Gasteiger partial charge in [0, 0.05) is 36.5 Å². The summed E-state index contributed by atoms with van der Waals surface area (Å²) in [6.07, 6.45) is 2.00. The highest BCUT2D eigenvalue weighted by Crippen LogP contribution is 2.33. The summed E-state index contributed by atoms with van der Waals surface area (Å²) in [6.45, 7) is 3.74. The topological polar surface area (TPSA) is 93.9 Å². The number of nitrogens with one attached hydrogen (secondary N) is 1. The van der Waals surface area contributed by atoms with Crippen LogP contribution in [-0.2, 0) is 0 Å². The minimum absolute atomic E-state index is 0.0560. The first-order chi connectivity index (χ1) is 13.9. The van der Waals surface area contributed by atoms with Crippen molar-refractivity contribution >= 4 is 23.0 Å². The number of benzene rings is 2. The van der Waals surface area contributed by atoms with E-state index in [4.69, 9.17) is 9.47 Å². The van der Waals surface area contributed by atoms with Gasteiger partial charge in [-0.05, 0) is 43.0 Å². The van der Waals surface area contributed by atoms with Crippen LogP contribution in [0.1, 0.15) is 30.1 Å². The summed E-state index contributed by atoms with van der Waals surface area (Å²) in [4.78, 5) is 25.9. The van der Waals surface area contributed by atoms with E-state index in [2.05, 4.69) is 12.2 Å². The van der Waals surface area contributed by atoms with E-state index in [1.807, 2.05) is 4.90 Å². The van der Waals surface area contributed by atoms with Crippen LogP contribution < -0.4 is 19.7 Å². The fraction of sp³-hybridized carbons (Fsp3) is 0.381. The van der Waals surface area contributed by atoms with Crippen molar-refractivity contribution in [3.05, 3.63) is 52.1 Å². The van der Waals surface area contributed by atoms with Crippen LogP contribution in [-0.4, -0.2) is 38.1 Å². The van der Waals surface area contributed by atoms with Crippen LogP contribution in [0.4, 0.5) is 17.1 Å². The van der Waals surface area contributed by atoms with Crippen molar-refractivity contribution in [1.82, 2.24) is 0 Å². The van der Waals surface area contributed by atoms with Gasteiger partial charge < -0.3 is 19.7 Å². The van der Waals surface area contributed by atoms with Crippen molar-refractivity contribution in [1.29, 1.82) is 0 Å². The Morgan fingerprint density at radius 2 is 1.79 bits per heavy atom. The molecule has 2 aromatic rings. The first-order valence-electron chi connectivity index (χ1n) is 9.49. The molecule has 1 heterocycles. The number of nitro groups is 1. The number of amides is 1. The van der Waals surface area contributed by atoms with Crippen LogP contribution in [0.2, 0.25) is 0 Å². The highest BCUT2D eigenvalue weighted by molar-refractivity contribution is 6.05. The van der Waals surface area contributed by atoms with E-state index in [9.17, 15) is 14.9 Å². The maximum absolute atomic E-state index is 12.7. The molecule has 1 saturated heterocycles. The minimum atomic E-state index is -0.431. The zero-order valence-electron chi connectivity index (χ0n) is 16.8. The molecule has 1 amide bonds. The van der Waals surface area contributed by atoms with Crippen molar-refractivity contribution in [3.63, 3.8) is 0 Å². The molecule has 1 fully saturated rings. The van der Waals surface area contributed by atoms with Crippen molar-refractivity contribution < 1.29 is 19.2 Å². The van der Waals surface area contributed by atoms with E-state index >= 15 is 0 Å². The number of piperidine rings is 1. The largest absolute Gasteiger partial charge is 0.493 e. The zero-order valence-corrected chi connectivity index (χ0v) is 16.8. The van der Waals surface area contributed by atoms with Gasteiger partial charge in [-0.1, -0.05) is 6.92 Å². The van der Waals surface area contributed by atoms with Crippen LogP contribution in [0.5, 0.6) is 11.5 Å². The molecule has 2 aromatic carbocycles. The Balaban J connectivity index is 1.82. The number of hydrogen-bond donors (Lipinski definition) is 1. The molecular formula is C21H25N3O5. The number of nitrogens with zero attached hydrogens (tertiary/aromatic N) is 2. The van der Waals surface area contributed by atoms with Gasteiger partial charge in [0.25, 0.3) is 11.6 Å². The van der Waals surface area contributed by atoms with Gasteiger partial charge in [0.2, 0.25) is 0 Å². The summed E-state index contributed by atoms with van der Waals surface area (Å²) in [7, 11) is 3.03. The zero-order chi connectivity index (χ0) is 21.0. The lowest BCUT2D eigenvalue weighted by molar-refractivity contribution is -0.384. The molecule has 1 aliphatic rings. The summed E-state index contributed by atoms with van der Waals surface area (Å²) in [6, 6.07) is 9.61. The molecule has 0 aliphatic carbocycles. The molecule has 29 heavy (non-hydrogen) atoms. The van der Waals surface area contributed by atoms with Crippen LogP contribution >= 0.6 is 0 Å². The van der Waals surface area contributed by atoms with Gasteiger partial charge in [-0.25, -0.2) is 0 Å². The van der Waals surface area contributed by atoms with E-state index < -0.39 is 10.8 Å². The molecule has 0 unspecified atom stereocenters. The van der Waals surface area contributed by atoms with Gasteiger partial charge >= 0.3 is 0 Å². The lowest BCUT2D eigenvalue weighted by atomic mass is 9.98. The normalized spacial score (nSPS) is 14.4. The number of hydrogen-bond acceptors (Lipinski definition) is 6. The number of rotatable bonds is 6. The summed E-state index contributed by atoms with van der Waals surface area (Å²) >= 11 is 0. The Morgan fingerprint density at radius 3 is 2.41 bits per heavy atom. The van der Waals surface area contributed by atoms with E-state index in [0.717, 1.165) is 25.9 Å². The molecule has 1 N–H and O–H groups in total. The average molecular weight is 399 g/mol. The van der Waals surface area contributed by atoms with Crippen molar-refractivity contribution in [2.24, 2.45) is 5.92 Å². The second-order valence-corrected chi connectivity index (χ2v) is 7.15. The molecule has 0 radical (unpaired) electrons. The number of methoxy groups -OCH3 is 2. The van der Waals surface area contributed by atoms with E-state index in [0.29, 0.717) is 28.8 Å². The molecule has 0 saturated carbocycles. The molecule has 3 rings (SSSR count). The molecule has 0 bridgehead atoms. The van der Waals surface area contributed by atoms with E-state index in [-0.39, 0.29) is 11.3 Å². The predicted molar refractivity (Wildman–Crippen MR) is 111 cm³/mol. The molecular weight excluding hydrogens is 374 g/mol. The van der Waals surface area contributed by atoms with E-state index in [1.165, 1.54) is 20.3 Å². The summed E-state index contributed by atoms with van der Waals surface area (Å²) in [5, 5.41) is 14.4. The lowest BCUT2D eigenvalue weighted by Gasteiger charge is -2.31. The second kappa shape index (κ2) is 8.81. The Kier molecular flexibility index (Phi) is 6.21. The van der Waals surface area contributed by atoms with Gasteiger partial charge in [-0.2, -0.15) is 0 Å². The fourth-order valence-corrected chi connectivity index (χ4v) is 3.45. The van der Waals surface area contributed by atoms with Crippen LogP contribution in [0.25, 0.3) is 0 Å². The first-order valence-corrected chi connectivity index (χ1v) is 9.49. The molecule has 154 valence electrons. The van der Waals surface area contributed by atoms with E-state index in [1.54, 1.807) is 30.3 Å². The smallest absolute Gasteiger partial charge is 0.293 e. The number of nitro benzene ring substituents is 1. The molecule has 0 aromatic heterocycles. The molecule has 8 nitrogen and oxygen atoms in total. The lowest BCUT2D eigenvalue weighted by Crippen LogP contribution is -2.33. The number of carbonyl (C=O) groups excluding carboxylic acids is 1. The summed E-state index contributed by atoms with van der Waals surface area (Å²) in [5.41, 5.74) is 1.23.